The number of rotatable bonds is 6. The van der Waals surface area contributed by atoms with Gasteiger partial charge >= 0.3 is 0 Å². The molecule has 0 N–H and O–H groups in total. The molecule has 0 aliphatic carbocycles. The van der Waals surface area contributed by atoms with Crippen LogP contribution in [0.1, 0.15) is 22.3 Å². The Labute approximate surface area is 187 Å². The molecule has 0 unspecified atom stereocenters. The second-order valence-electron chi connectivity index (χ2n) is 7.75. The third kappa shape index (κ3) is 4.39. The zero-order valence-electron chi connectivity index (χ0n) is 17.5. The normalized spacial score (nSPS) is 13.8. The van der Waals surface area contributed by atoms with Crippen molar-refractivity contribution in [2.24, 2.45) is 0 Å². The first-order valence-electron chi connectivity index (χ1n) is 10.1. The second kappa shape index (κ2) is 8.78. The minimum Gasteiger partial charge on any atom is -0.365 e. The Morgan fingerprint density at radius 1 is 0.806 bits per heavy atom. The van der Waals surface area contributed by atoms with Crippen molar-refractivity contribution in [2.75, 3.05) is 7.05 Å². The van der Waals surface area contributed by atoms with Crippen molar-refractivity contribution in [3.05, 3.63) is 112 Å². The molecular formula is C26H23ClN2O2. The molecule has 0 fully saturated rings. The summed E-state index contributed by atoms with van der Waals surface area (Å²) in [5.41, 5.74) is 4.60. The van der Waals surface area contributed by atoms with Crippen LogP contribution in [0.2, 0.25) is 5.02 Å². The highest BCUT2D eigenvalue weighted by atomic mass is 35.5. The van der Waals surface area contributed by atoms with Gasteiger partial charge < -0.3 is 4.90 Å². The Morgan fingerprint density at radius 2 is 1.45 bits per heavy atom. The fourth-order valence-electron chi connectivity index (χ4n) is 3.75. The van der Waals surface area contributed by atoms with E-state index in [1.165, 1.54) is 4.90 Å². The zero-order valence-corrected chi connectivity index (χ0v) is 18.3. The third-order valence-corrected chi connectivity index (χ3v) is 5.63. The lowest BCUT2D eigenvalue weighted by Crippen LogP contribution is -2.33. The van der Waals surface area contributed by atoms with Gasteiger partial charge in [-0.05, 0) is 35.7 Å². The number of carbonyl (C=O) groups is 2. The molecule has 156 valence electrons. The minimum absolute atomic E-state index is 0.234. The molecule has 0 saturated carbocycles. The second-order valence-corrected chi connectivity index (χ2v) is 8.19. The molecule has 0 atom stereocenters. The van der Waals surface area contributed by atoms with Crippen LogP contribution in [-0.2, 0) is 22.7 Å². The van der Waals surface area contributed by atoms with Gasteiger partial charge in [-0.15, -0.1) is 0 Å². The Morgan fingerprint density at radius 3 is 2.10 bits per heavy atom. The lowest BCUT2D eigenvalue weighted by molar-refractivity contribution is -0.138. The van der Waals surface area contributed by atoms with E-state index in [-0.39, 0.29) is 18.4 Å². The molecule has 0 radical (unpaired) electrons. The molecule has 0 spiro atoms. The average Bonchev–Trinajstić information content (AvgIpc) is 3.01. The van der Waals surface area contributed by atoms with Gasteiger partial charge in [-0.2, -0.15) is 0 Å². The predicted octanol–water partition coefficient (Wildman–Crippen LogP) is 5.06. The Bertz CT molecular complexity index is 1140. The SMILES string of the molecule is Cc1ccc(CN2C(=O)C(c3ccc(Cl)cc3)=C(N(C)Cc3ccccc3)C2=O)cc1. The number of aryl methyl sites for hydroxylation is 1. The van der Waals surface area contributed by atoms with Crippen LogP contribution < -0.4 is 0 Å². The molecular weight excluding hydrogens is 408 g/mol. The molecule has 4 nitrogen and oxygen atoms in total. The molecule has 4 rings (SSSR count). The number of hydrogen-bond acceptors (Lipinski definition) is 3. The summed E-state index contributed by atoms with van der Waals surface area (Å²) >= 11 is 6.05. The van der Waals surface area contributed by atoms with Crippen molar-refractivity contribution < 1.29 is 9.59 Å². The third-order valence-electron chi connectivity index (χ3n) is 5.38. The fraction of sp³-hybridized carbons (Fsp3) is 0.154. The summed E-state index contributed by atoms with van der Waals surface area (Å²) in [5, 5.41) is 0.580. The summed E-state index contributed by atoms with van der Waals surface area (Å²) in [6.45, 7) is 2.76. The largest absolute Gasteiger partial charge is 0.365 e. The molecule has 0 aromatic heterocycles. The smallest absolute Gasteiger partial charge is 0.278 e. The number of benzene rings is 3. The van der Waals surface area contributed by atoms with Crippen molar-refractivity contribution in [3.8, 4) is 0 Å². The first-order valence-corrected chi connectivity index (χ1v) is 10.5. The summed E-state index contributed by atoms with van der Waals surface area (Å²) < 4.78 is 0. The highest BCUT2D eigenvalue weighted by Crippen LogP contribution is 2.33. The van der Waals surface area contributed by atoms with E-state index in [1.54, 1.807) is 24.3 Å². The van der Waals surface area contributed by atoms with Gasteiger partial charge in [0.2, 0.25) is 0 Å². The fourth-order valence-corrected chi connectivity index (χ4v) is 3.88. The van der Waals surface area contributed by atoms with Gasteiger partial charge in [0.25, 0.3) is 11.8 Å². The van der Waals surface area contributed by atoms with Gasteiger partial charge in [-0.3, -0.25) is 14.5 Å². The maximum Gasteiger partial charge on any atom is 0.278 e. The van der Waals surface area contributed by atoms with Crippen molar-refractivity contribution in [3.63, 3.8) is 0 Å². The minimum atomic E-state index is -0.289. The number of carbonyl (C=O) groups excluding carboxylic acids is 2. The van der Waals surface area contributed by atoms with Gasteiger partial charge in [0.05, 0.1) is 12.1 Å². The summed E-state index contributed by atoms with van der Waals surface area (Å²) in [7, 11) is 1.85. The van der Waals surface area contributed by atoms with Crippen LogP contribution in [0.4, 0.5) is 0 Å². The summed E-state index contributed by atoms with van der Waals surface area (Å²) in [6, 6.07) is 24.8. The van der Waals surface area contributed by atoms with E-state index < -0.39 is 0 Å². The molecule has 1 aliphatic rings. The van der Waals surface area contributed by atoms with Gasteiger partial charge in [0.1, 0.15) is 5.70 Å². The summed E-state index contributed by atoms with van der Waals surface area (Å²) in [6.07, 6.45) is 0. The predicted molar refractivity (Wildman–Crippen MR) is 123 cm³/mol. The van der Waals surface area contributed by atoms with E-state index in [0.29, 0.717) is 28.4 Å². The number of nitrogens with zero attached hydrogens (tertiary/aromatic N) is 2. The molecule has 5 heteroatoms. The topological polar surface area (TPSA) is 40.6 Å². The van der Waals surface area contributed by atoms with E-state index in [2.05, 4.69) is 0 Å². The van der Waals surface area contributed by atoms with Crippen LogP contribution >= 0.6 is 11.6 Å². The number of hydrogen-bond donors (Lipinski definition) is 0. The molecule has 3 aromatic rings. The Hall–Kier alpha value is -3.37. The number of amides is 2. The monoisotopic (exact) mass is 430 g/mol. The van der Waals surface area contributed by atoms with Crippen LogP contribution in [0.3, 0.4) is 0 Å². The van der Waals surface area contributed by atoms with Crippen molar-refractivity contribution >= 4 is 29.0 Å². The molecule has 1 heterocycles. The van der Waals surface area contributed by atoms with Crippen molar-refractivity contribution in [1.29, 1.82) is 0 Å². The first kappa shape index (κ1) is 20.9. The van der Waals surface area contributed by atoms with Crippen LogP contribution in [-0.4, -0.2) is 28.7 Å². The molecule has 1 aliphatic heterocycles. The van der Waals surface area contributed by atoms with Crippen molar-refractivity contribution in [1.82, 2.24) is 9.80 Å². The molecule has 2 amide bonds. The lowest BCUT2D eigenvalue weighted by atomic mass is 10.0. The molecule has 0 saturated heterocycles. The average molecular weight is 431 g/mol. The van der Waals surface area contributed by atoms with Gasteiger partial charge in [0, 0.05) is 18.6 Å². The zero-order chi connectivity index (χ0) is 22.0. The van der Waals surface area contributed by atoms with Gasteiger partial charge in [-0.25, -0.2) is 0 Å². The molecule has 0 bridgehead atoms. The van der Waals surface area contributed by atoms with Gasteiger partial charge in [-0.1, -0.05) is 83.9 Å². The Balaban J connectivity index is 1.71. The van der Waals surface area contributed by atoms with Crippen LogP contribution in [0.25, 0.3) is 5.57 Å². The molecule has 31 heavy (non-hydrogen) atoms. The molecule has 3 aromatic carbocycles. The van der Waals surface area contributed by atoms with Crippen LogP contribution in [0.5, 0.6) is 0 Å². The standard InChI is InChI=1S/C26H23ClN2O2/c1-18-8-10-20(11-9-18)17-29-25(30)23(21-12-14-22(27)15-13-21)24(26(29)31)28(2)16-19-6-4-3-5-7-19/h3-15H,16-17H2,1-2H3. The van der Waals surface area contributed by atoms with E-state index >= 15 is 0 Å². The lowest BCUT2D eigenvalue weighted by Gasteiger charge is -2.21. The summed E-state index contributed by atoms with van der Waals surface area (Å²) in [5.74, 6) is -0.572. The van der Waals surface area contributed by atoms with Gasteiger partial charge in [0.15, 0.2) is 0 Å². The highest BCUT2D eigenvalue weighted by Gasteiger charge is 2.40. The summed E-state index contributed by atoms with van der Waals surface area (Å²) in [4.78, 5) is 30.1. The van der Waals surface area contributed by atoms with E-state index in [1.807, 2.05) is 73.5 Å². The van der Waals surface area contributed by atoms with E-state index in [4.69, 9.17) is 11.6 Å². The first-order chi connectivity index (χ1) is 14.9. The maximum atomic E-state index is 13.4. The van der Waals surface area contributed by atoms with Crippen LogP contribution in [0.15, 0.2) is 84.6 Å². The number of halogens is 1. The highest BCUT2D eigenvalue weighted by molar-refractivity contribution is 6.35. The number of likely N-dealkylation sites (N-methyl/N-ethyl adjacent to an activating group) is 1. The van der Waals surface area contributed by atoms with Crippen molar-refractivity contribution in [2.45, 2.75) is 20.0 Å². The Kier molecular flexibility index (Phi) is 5.92. The number of imide groups is 1. The quantitative estimate of drug-likeness (QED) is 0.513. The van der Waals surface area contributed by atoms with E-state index in [9.17, 15) is 9.59 Å². The maximum absolute atomic E-state index is 13.4. The van der Waals surface area contributed by atoms with Crippen LogP contribution in [0, 0.1) is 6.92 Å². The van der Waals surface area contributed by atoms with E-state index in [0.717, 1.165) is 16.7 Å².